The monoisotopic (exact) mass is 283 g/mol. The van der Waals surface area contributed by atoms with Crippen molar-refractivity contribution >= 4 is 12.0 Å². The molecule has 6 heteroatoms. The zero-order chi connectivity index (χ0) is 14.9. The number of carbonyl (C=O) groups excluding carboxylic acids is 1. The molecule has 114 valence electrons. The lowest BCUT2D eigenvalue weighted by Gasteiger charge is -2.43. The second-order valence-electron chi connectivity index (χ2n) is 6.24. The third-order valence-electron chi connectivity index (χ3n) is 4.63. The Morgan fingerprint density at radius 2 is 1.85 bits per heavy atom. The summed E-state index contributed by atoms with van der Waals surface area (Å²) in [7, 11) is 2.05. The van der Waals surface area contributed by atoms with Gasteiger partial charge in [0, 0.05) is 32.2 Å². The number of amides is 2. The van der Waals surface area contributed by atoms with E-state index in [0.29, 0.717) is 38.0 Å². The van der Waals surface area contributed by atoms with Crippen LogP contribution in [0.3, 0.4) is 0 Å². The minimum atomic E-state index is -0.882. The molecule has 0 aliphatic carbocycles. The molecule has 0 bridgehead atoms. The Hall–Kier alpha value is -1.30. The maximum absolute atomic E-state index is 12.6. The topological polar surface area (TPSA) is 64.1 Å². The highest BCUT2D eigenvalue weighted by Crippen LogP contribution is 2.24. The smallest absolute Gasteiger partial charge is 0.326 e. The summed E-state index contributed by atoms with van der Waals surface area (Å²) in [5.74, 6) is -0.515. The molecule has 0 aromatic heterocycles. The predicted octanol–water partition coefficient (Wildman–Crippen LogP) is 0.927. The molecule has 6 nitrogen and oxygen atoms in total. The van der Waals surface area contributed by atoms with Gasteiger partial charge in [0.25, 0.3) is 0 Å². The van der Waals surface area contributed by atoms with Crippen molar-refractivity contribution in [1.82, 2.24) is 14.7 Å². The van der Waals surface area contributed by atoms with E-state index in [4.69, 9.17) is 0 Å². The summed E-state index contributed by atoms with van der Waals surface area (Å²) in [6.07, 6.45) is 1.45. The number of carboxylic acids is 1. The molecular weight excluding hydrogens is 258 g/mol. The first-order valence-corrected chi connectivity index (χ1v) is 7.38. The Morgan fingerprint density at radius 3 is 2.45 bits per heavy atom. The molecule has 2 fully saturated rings. The highest BCUT2D eigenvalue weighted by Gasteiger charge is 2.37. The summed E-state index contributed by atoms with van der Waals surface area (Å²) >= 11 is 0. The summed E-state index contributed by atoms with van der Waals surface area (Å²) in [6.45, 7) is 6.89. The first-order chi connectivity index (χ1) is 9.40. The summed E-state index contributed by atoms with van der Waals surface area (Å²) in [4.78, 5) is 29.6. The van der Waals surface area contributed by atoms with Crippen LogP contribution in [0.4, 0.5) is 4.79 Å². The molecular formula is C14H25N3O3. The van der Waals surface area contributed by atoms with E-state index in [1.54, 1.807) is 9.80 Å². The van der Waals surface area contributed by atoms with E-state index in [1.807, 2.05) is 0 Å². The Morgan fingerprint density at radius 1 is 1.15 bits per heavy atom. The number of likely N-dealkylation sites (N-methyl/N-ethyl adjacent to an activating group) is 1. The zero-order valence-corrected chi connectivity index (χ0v) is 12.6. The van der Waals surface area contributed by atoms with Crippen LogP contribution in [0.15, 0.2) is 0 Å². The fourth-order valence-electron chi connectivity index (χ4n) is 3.01. The van der Waals surface area contributed by atoms with Gasteiger partial charge >= 0.3 is 12.0 Å². The van der Waals surface area contributed by atoms with Crippen LogP contribution in [-0.2, 0) is 4.79 Å². The van der Waals surface area contributed by atoms with Crippen LogP contribution in [0, 0.1) is 5.92 Å². The Bertz CT molecular complexity index is 388. The molecule has 3 atom stereocenters. The average molecular weight is 283 g/mol. The molecule has 2 aliphatic rings. The summed E-state index contributed by atoms with van der Waals surface area (Å²) < 4.78 is 0. The molecule has 2 aliphatic heterocycles. The van der Waals surface area contributed by atoms with Gasteiger partial charge in [0.2, 0.25) is 0 Å². The van der Waals surface area contributed by atoms with Crippen molar-refractivity contribution in [2.45, 2.75) is 38.8 Å². The summed E-state index contributed by atoms with van der Waals surface area (Å²) in [5.41, 5.74) is 0. The van der Waals surface area contributed by atoms with Gasteiger partial charge in [-0.2, -0.15) is 0 Å². The lowest BCUT2D eigenvalue weighted by Crippen LogP contribution is -2.59. The number of aliphatic carboxylic acids is 1. The van der Waals surface area contributed by atoms with Gasteiger partial charge in [-0.1, -0.05) is 6.92 Å². The van der Waals surface area contributed by atoms with Crippen molar-refractivity contribution in [2.24, 2.45) is 5.92 Å². The van der Waals surface area contributed by atoms with E-state index < -0.39 is 12.0 Å². The maximum Gasteiger partial charge on any atom is 0.326 e. The molecule has 0 saturated carbocycles. The van der Waals surface area contributed by atoms with Gasteiger partial charge in [0.05, 0.1) is 0 Å². The quantitative estimate of drug-likeness (QED) is 0.777. The highest BCUT2D eigenvalue weighted by atomic mass is 16.4. The van der Waals surface area contributed by atoms with Crippen LogP contribution < -0.4 is 0 Å². The third kappa shape index (κ3) is 3.06. The first-order valence-electron chi connectivity index (χ1n) is 7.38. The average Bonchev–Trinajstić information content (AvgIpc) is 2.41. The number of likely N-dealkylation sites (tertiary alicyclic amines) is 1. The lowest BCUT2D eigenvalue weighted by molar-refractivity contribution is -0.144. The van der Waals surface area contributed by atoms with Gasteiger partial charge in [-0.25, -0.2) is 9.59 Å². The molecule has 1 N–H and O–H groups in total. The number of carboxylic acid groups (broad SMARTS) is 1. The fourth-order valence-corrected chi connectivity index (χ4v) is 3.01. The van der Waals surface area contributed by atoms with Gasteiger partial charge in [0.15, 0.2) is 0 Å². The van der Waals surface area contributed by atoms with Crippen LogP contribution in [0.2, 0.25) is 0 Å². The third-order valence-corrected chi connectivity index (χ3v) is 4.63. The molecule has 2 rings (SSSR count). The normalized spacial score (nSPS) is 32.2. The number of hydrogen-bond donors (Lipinski definition) is 1. The fraction of sp³-hybridized carbons (Fsp3) is 0.857. The molecule has 0 radical (unpaired) electrons. The van der Waals surface area contributed by atoms with Crippen LogP contribution in [-0.4, -0.2) is 77.1 Å². The van der Waals surface area contributed by atoms with Gasteiger partial charge in [-0.05, 0) is 32.7 Å². The molecule has 2 heterocycles. The van der Waals surface area contributed by atoms with E-state index in [1.165, 1.54) is 0 Å². The van der Waals surface area contributed by atoms with Crippen molar-refractivity contribution in [1.29, 1.82) is 0 Å². The van der Waals surface area contributed by atoms with E-state index in [-0.39, 0.29) is 6.03 Å². The molecule has 2 amide bonds. The van der Waals surface area contributed by atoms with Crippen molar-refractivity contribution in [3.63, 3.8) is 0 Å². The van der Waals surface area contributed by atoms with Gasteiger partial charge < -0.3 is 19.8 Å². The number of rotatable bonds is 1. The largest absolute Gasteiger partial charge is 0.480 e. The van der Waals surface area contributed by atoms with E-state index in [9.17, 15) is 14.7 Å². The Kier molecular flexibility index (Phi) is 4.52. The summed E-state index contributed by atoms with van der Waals surface area (Å²) in [5, 5.41) is 9.35. The molecule has 0 aromatic carbocycles. The minimum absolute atomic E-state index is 0.107. The van der Waals surface area contributed by atoms with Crippen LogP contribution in [0.1, 0.15) is 26.7 Å². The van der Waals surface area contributed by atoms with E-state index >= 15 is 0 Å². The number of piperidine rings is 1. The number of nitrogens with zero attached hydrogens (tertiary/aromatic N) is 3. The minimum Gasteiger partial charge on any atom is -0.480 e. The lowest BCUT2D eigenvalue weighted by atomic mass is 9.92. The SMILES string of the molecule is CC1CCN(C(=O)N2CCN(C)C(C)C2)C(C(=O)O)C1. The number of hydrogen-bond acceptors (Lipinski definition) is 3. The van der Waals surface area contributed by atoms with E-state index in [0.717, 1.165) is 13.0 Å². The molecule has 0 aromatic rings. The summed E-state index contributed by atoms with van der Waals surface area (Å²) in [6, 6.07) is -0.454. The molecule has 0 spiro atoms. The Labute approximate surface area is 120 Å². The van der Waals surface area contributed by atoms with Crippen molar-refractivity contribution in [2.75, 3.05) is 33.2 Å². The molecule has 20 heavy (non-hydrogen) atoms. The Balaban J connectivity index is 2.05. The van der Waals surface area contributed by atoms with Crippen molar-refractivity contribution in [3.8, 4) is 0 Å². The van der Waals surface area contributed by atoms with Crippen molar-refractivity contribution in [3.05, 3.63) is 0 Å². The van der Waals surface area contributed by atoms with Gasteiger partial charge in [0.1, 0.15) is 6.04 Å². The number of piperazine rings is 1. The van der Waals surface area contributed by atoms with Gasteiger partial charge in [-0.3, -0.25) is 0 Å². The highest BCUT2D eigenvalue weighted by molar-refractivity contribution is 5.83. The second-order valence-corrected chi connectivity index (χ2v) is 6.24. The van der Waals surface area contributed by atoms with Crippen LogP contribution >= 0.6 is 0 Å². The maximum atomic E-state index is 12.6. The van der Waals surface area contributed by atoms with Crippen LogP contribution in [0.25, 0.3) is 0 Å². The number of carbonyl (C=O) groups is 2. The van der Waals surface area contributed by atoms with Crippen molar-refractivity contribution < 1.29 is 14.7 Å². The molecule has 3 unspecified atom stereocenters. The first kappa shape index (κ1) is 15.1. The van der Waals surface area contributed by atoms with Gasteiger partial charge in [-0.15, -0.1) is 0 Å². The van der Waals surface area contributed by atoms with E-state index in [2.05, 4.69) is 25.8 Å². The predicted molar refractivity (Wildman–Crippen MR) is 75.6 cm³/mol. The second kappa shape index (κ2) is 5.99. The van der Waals surface area contributed by atoms with Crippen LogP contribution in [0.5, 0.6) is 0 Å². The zero-order valence-electron chi connectivity index (χ0n) is 12.6. The standard InChI is InChI=1S/C14H25N3O3/c1-10-4-5-17(12(8-10)13(18)19)14(20)16-7-6-15(3)11(2)9-16/h10-12H,4-9H2,1-3H3,(H,18,19). The molecule has 2 saturated heterocycles. The number of urea groups is 1.